The summed E-state index contributed by atoms with van der Waals surface area (Å²) in [5.74, 6) is 1.12. The summed E-state index contributed by atoms with van der Waals surface area (Å²) >= 11 is 1.86. The molecule has 0 aliphatic carbocycles. The fourth-order valence-electron chi connectivity index (χ4n) is 2.83. The smallest absolute Gasteiger partial charge is 0.337 e. The molecule has 2 rings (SSSR count). The van der Waals surface area contributed by atoms with Crippen molar-refractivity contribution in [1.29, 1.82) is 0 Å². The number of carbonyl (C=O) groups is 1. The average molecular weight is 325 g/mol. The second-order valence-corrected chi connectivity index (χ2v) is 7.75. The summed E-state index contributed by atoms with van der Waals surface area (Å²) in [4.78, 5) is 13.2. The molecule has 2 heterocycles. The highest BCUT2D eigenvalue weighted by molar-refractivity contribution is 8.00. The van der Waals surface area contributed by atoms with Gasteiger partial charge in [-0.05, 0) is 31.9 Å². The van der Waals surface area contributed by atoms with Crippen molar-refractivity contribution < 1.29 is 18.0 Å². The first-order valence-electron chi connectivity index (χ1n) is 7.23. The molecule has 2 aliphatic heterocycles. The van der Waals surface area contributed by atoms with Crippen LogP contribution in [0, 0.1) is 0 Å². The molecule has 0 bridgehead atoms. The monoisotopic (exact) mass is 325 g/mol. The van der Waals surface area contributed by atoms with E-state index < -0.39 is 12.7 Å². The highest BCUT2D eigenvalue weighted by Crippen LogP contribution is 2.36. The fraction of sp³-hybridized carbons (Fsp3) is 0.923. The third-order valence-corrected chi connectivity index (χ3v) is 5.47. The zero-order valence-corrected chi connectivity index (χ0v) is 12.9. The first-order valence-corrected chi connectivity index (χ1v) is 8.22. The summed E-state index contributed by atoms with van der Waals surface area (Å²) in [5, 5.41) is 5.61. The van der Waals surface area contributed by atoms with E-state index in [-0.39, 0.29) is 23.4 Å². The molecular formula is C13H22F3N3OS. The summed E-state index contributed by atoms with van der Waals surface area (Å²) < 4.78 is 37.0. The molecule has 122 valence electrons. The number of amides is 2. The first-order chi connectivity index (χ1) is 9.76. The molecule has 2 fully saturated rings. The molecule has 0 radical (unpaired) electrons. The average Bonchev–Trinajstić information content (AvgIpc) is 2.95. The lowest BCUT2D eigenvalue weighted by Gasteiger charge is -2.24. The zero-order chi connectivity index (χ0) is 15.5. The minimum atomic E-state index is -4.18. The van der Waals surface area contributed by atoms with Crippen LogP contribution in [-0.2, 0) is 0 Å². The number of nitrogens with one attached hydrogen (secondary N) is 2. The van der Waals surface area contributed by atoms with Gasteiger partial charge in [0.15, 0.2) is 0 Å². The molecule has 0 spiro atoms. The van der Waals surface area contributed by atoms with Gasteiger partial charge in [0, 0.05) is 30.4 Å². The Morgan fingerprint density at radius 3 is 2.86 bits per heavy atom. The Morgan fingerprint density at radius 1 is 1.48 bits per heavy atom. The Kier molecular flexibility index (Phi) is 5.29. The van der Waals surface area contributed by atoms with Crippen LogP contribution < -0.4 is 10.6 Å². The standard InChI is InChI=1S/C13H22F3N3OS/c1-12(4-2-6-21-12)8-17-11(20)18-10-3-5-19(7-10)9-13(14,15)16/h10H,2-9H2,1H3,(H2,17,18,20). The number of carbonyl (C=O) groups excluding carboxylic acids is 1. The second-order valence-electron chi connectivity index (χ2n) is 6.06. The zero-order valence-electron chi connectivity index (χ0n) is 12.1. The van der Waals surface area contributed by atoms with E-state index in [0.717, 1.165) is 12.2 Å². The van der Waals surface area contributed by atoms with Crippen molar-refractivity contribution in [3.63, 3.8) is 0 Å². The maximum atomic E-state index is 12.3. The van der Waals surface area contributed by atoms with Crippen molar-refractivity contribution in [2.75, 3.05) is 31.9 Å². The van der Waals surface area contributed by atoms with Gasteiger partial charge in [-0.1, -0.05) is 0 Å². The van der Waals surface area contributed by atoms with E-state index in [1.165, 1.54) is 11.3 Å². The molecule has 2 saturated heterocycles. The Balaban J connectivity index is 1.67. The van der Waals surface area contributed by atoms with E-state index >= 15 is 0 Å². The second kappa shape index (κ2) is 6.64. The summed E-state index contributed by atoms with van der Waals surface area (Å²) in [6.07, 6.45) is -1.36. The number of nitrogens with zero attached hydrogens (tertiary/aromatic N) is 1. The minimum absolute atomic E-state index is 0.0926. The van der Waals surface area contributed by atoms with Gasteiger partial charge < -0.3 is 10.6 Å². The van der Waals surface area contributed by atoms with Gasteiger partial charge in [0.05, 0.1) is 6.54 Å². The van der Waals surface area contributed by atoms with E-state index in [0.29, 0.717) is 19.5 Å². The quantitative estimate of drug-likeness (QED) is 0.833. The Morgan fingerprint density at radius 2 is 2.24 bits per heavy atom. The largest absolute Gasteiger partial charge is 0.401 e. The lowest BCUT2D eigenvalue weighted by Crippen LogP contribution is -2.47. The molecule has 8 heteroatoms. The molecule has 4 nitrogen and oxygen atoms in total. The fourth-order valence-corrected chi connectivity index (χ4v) is 4.07. The van der Waals surface area contributed by atoms with E-state index in [9.17, 15) is 18.0 Å². The number of alkyl halides is 3. The molecule has 2 unspecified atom stereocenters. The maximum Gasteiger partial charge on any atom is 0.401 e. The van der Waals surface area contributed by atoms with Crippen molar-refractivity contribution in [2.45, 2.75) is 43.2 Å². The van der Waals surface area contributed by atoms with Crippen molar-refractivity contribution in [3.8, 4) is 0 Å². The third kappa shape index (κ3) is 5.58. The summed E-state index contributed by atoms with van der Waals surface area (Å²) in [7, 11) is 0. The number of rotatable bonds is 4. The molecule has 2 N–H and O–H groups in total. The molecular weight excluding hydrogens is 303 g/mol. The predicted molar refractivity (Wildman–Crippen MR) is 77.5 cm³/mol. The lowest BCUT2D eigenvalue weighted by molar-refractivity contribution is -0.143. The van der Waals surface area contributed by atoms with Crippen molar-refractivity contribution in [2.24, 2.45) is 0 Å². The summed E-state index contributed by atoms with van der Waals surface area (Å²) in [5.41, 5.74) is 0. The van der Waals surface area contributed by atoms with Crippen LogP contribution >= 0.6 is 11.8 Å². The normalized spacial score (nSPS) is 30.6. The van der Waals surface area contributed by atoms with Gasteiger partial charge >= 0.3 is 12.2 Å². The van der Waals surface area contributed by atoms with E-state index in [4.69, 9.17) is 0 Å². The Hall–Kier alpha value is -0.630. The molecule has 0 aromatic heterocycles. The van der Waals surface area contributed by atoms with Crippen LogP contribution in [0.3, 0.4) is 0 Å². The Labute approximate surface area is 127 Å². The SMILES string of the molecule is CC1(CNC(=O)NC2CCN(CC(F)(F)F)C2)CCCS1. The van der Waals surface area contributed by atoms with Crippen molar-refractivity contribution in [3.05, 3.63) is 0 Å². The predicted octanol–water partition coefficient (Wildman–Crippen LogP) is 2.21. The number of likely N-dealkylation sites (tertiary alicyclic amines) is 1. The molecule has 2 aliphatic rings. The van der Waals surface area contributed by atoms with Gasteiger partial charge in [-0.3, -0.25) is 4.90 Å². The molecule has 2 atom stereocenters. The van der Waals surface area contributed by atoms with Crippen LogP contribution in [0.1, 0.15) is 26.2 Å². The van der Waals surface area contributed by atoms with E-state index in [1.807, 2.05) is 11.8 Å². The molecule has 0 saturated carbocycles. The molecule has 2 amide bonds. The maximum absolute atomic E-state index is 12.3. The summed E-state index contributed by atoms with van der Waals surface area (Å²) in [6.45, 7) is 2.46. The van der Waals surface area contributed by atoms with Gasteiger partial charge in [-0.15, -0.1) is 0 Å². The van der Waals surface area contributed by atoms with Crippen LogP contribution in [0.15, 0.2) is 0 Å². The molecule has 21 heavy (non-hydrogen) atoms. The molecule has 0 aromatic carbocycles. The van der Waals surface area contributed by atoms with Crippen LogP contribution in [-0.4, -0.2) is 59.8 Å². The van der Waals surface area contributed by atoms with Crippen LogP contribution in [0.2, 0.25) is 0 Å². The number of hydrogen-bond acceptors (Lipinski definition) is 3. The van der Waals surface area contributed by atoms with Crippen LogP contribution in [0.5, 0.6) is 0 Å². The number of hydrogen-bond donors (Lipinski definition) is 2. The third-order valence-electron chi connectivity index (χ3n) is 3.93. The van der Waals surface area contributed by atoms with Crippen molar-refractivity contribution >= 4 is 17.8 Å². The highest BCUT2D eigenvalue weighted by Gasteiger charge is 2.35. The van der Waals surface area contributed by atoms with Crippen molar-refractivity contribution in [1.82, 2.24) is 15.5 Å². The summed E-state index contributed by atoms with van der Waals surface area (Å²) in [6, 6.07) is -0.473. The van der Waals surface area contributed by atoms with E-state index in [2.05, 4.69) is 17.6 Å². The lowest BCUT2D eigenvalue weighted by atomic mass is 10.1. The minimum Gasteiger partial charge on any atom is -0.337 e. The van der Waals surface area contributed by atoms with Gasteiger partial charge in [0.1, 0.15) is 0 Å². The van der Waals surface area contributed by atoms with Gasteiger partial charge in [0.25, 0.3) is 0 Å². The molecule has 0 aromatic rings. The number of thioether (sulfide) groups is 1. The van der Waals surface area contributed by atoms with Gasteiger partial charge in [0.2, 0.25) is 0 Å². The topological polar surface area (TPSA) is 44.4 Å². The van der Waals surface area contributed by atoms with Gasteiger partial charge in [-0.2, -0.15) is 24.9 Å². The van der Waals surface area contributed by atoms with Crippen LogP contribution in [0.4, 0.5) is 18.0 Å². The number of urea groups is 1. The Bertz CT molecular complexity index is 372. The van der Waals surface area contributed by atoms with Crippen LogP contribution in [0.25, 0.3) is 0 Å². The number of halogens is 3. The van der Waals surface area contributed by atoms with Gasteiger partial charge in [-0.25, -0.2) is 4.79 Å². The van der Waals surface area contributed by atoms with E-state index in [1.54, 1.807) is 0 Å². The first kappa shape index (κ1) is 16.7. The highest BCUT2D eigenvalue weighted by atomic mass is 32.2.